The molecular formula is C16H16ClNO2. The number of fused-ring (bicyclic) bond motifs is 1. The molecule has 1 aliphatic heterocycles. The van der Waals surface area contributed by atoms with E-state index in [4.69, 9.17) is 21.1 Å². The predicted octanol–water partition coefficient (Wildman–Crippen LogP) is 3.76. The van der Waals surface area contributed by atoms with Crippen LogP contribution in [0.4, 0.5) is 5.69 Å². The zero-order valence-corrected chi connectivity index (χ0v) is 12.0. The molecule has 3 nitrogen and oxygen atoms in total. The molecule has 0 saturated heterocycles. The average molecular weight is 290 g/mol. The summed E-state index contributed by atoms with van der Waals surface area (Å²) in [6, 6.07) is 13.6. The van der Waals surface area contributed by atoms with Crippen LogP contribution in [0.3, 0.4) is 0 Å². The molecule has 20 heavy (non-hydrogen) atoms. The zero-order valence-electron chi connectivity index (χ0n) is 11.2. The fraction of sp³-hybridized carbons (Fsp3) is 0.250. The number of ether oxygens (including phenoxy) is 2. The summed E-state index contributed by atoms with van der Waals surface area (Å²) in [5, 5.41) is 4.13. The standard InChI is InChI=1S/C16H16ClNO2/c1-19-16-5-3-2-4-14(16)18-10-13-9-11-8-12(17)6-7-15(11)20-13/h2-8,13,18H,9-10H2,1H3. The van der Waals surface area contributed by atoms with Gasteiger partial charge >= 0.3 is 0 Å². The van der Waals surface area contributed by atoms with E-state index in [0.29, 0.717) is 0 Å². The van der Waals surface area contributed by atoms with Gasteiger partial charge in [0.25, 0.3) is 0 Å². The molecule has 104 valence electrons. The predicted molar refractivity (Wildman–Crippen MR) is 81.1 cm³/mol. The summed E-state index contributed by atoms with van der Waals surface area (Å²) in [6.07, 6.45) is 0.992. The lowest BCUT2D eigenvalue weighted by atomic mass is 10.1. The maximum atomic E-state index is 6.00. The third-order valence-electron chi connectivity index (χ3n) is 3.39. The Morgan fingerprint density at radius 3 is 3.00 bits per heavy atom. The fourth-order valence-corrected chi connectivity index (χ4v) is 2.61. The van der Waals surface area contributed by atoms with Crippen LogP contribution < -0.4 is 14.8 Å². The van der Waals surface area contributed by atoms with Gasteiger partial charge in [-0.15, -0.1) is 0 Å². The normalized spacial score (nSPS) is 16.4. The molecule has 0 aliphatic carbocycles. The van der Waals surface area contributed by atoms with Crippen LogP contribution in [0.15, 0.2) is 42.5 Å². The lowest BCUT2D eigenvalue weighted by Crippen LogP contribution is -2.24. The maximum absolute atomic E-state index is 6.00. The maximum Gasteiger partial charge on any atom is 0.141 e. The van der Waals surface area contributed by atoms with Crippen molar-refractivity contribution < 1.29 is 9.47 Å². The van der Waals surface area contributed by atoms with Crippen LogP contribution in [0.25, 0.3) is 0 Å². The van der Waals surface area contributed by atoms with Gasteiger partial charge in [0.2, 0.25) is 0 Å². The van der Waals surface area contributed by atoms with Crippen molar-refractivity contribution >= 4 is 17.3 Å². The van der Waals surface area contributed by atoms with E-state index in [9.17, 15) is 0 Å². The second-order valence-corrected chi connectivity index (χ2v) is 5.21. The van der Waals surface area contributed by atoms with E-state index < -0.39 is 0 Å². The number of anilines is 1. The summed E-state index contributed by atoms with van der Waals surface area (Å²) >= 11 is 6.00. The largest absolute Gasteiger partial charge is 0.495 e. The van der Waals surface area contributed by atoms with Gasteiger partial charge in [-0.25, -0.2) is 0 Å². The Bertz CT molecular complexity index is 615. The molecule has 1 aliphatic rings. The van der Waals surface area contributed by atoms with Crippen molar-refractivity contribution in [3.63, 3.8) is 0 Å². The molecule has 1 N–H and O–H groups in total. The number of halogens is 1. The number of hydrogen-bond donors (Lipinski definition) is 1. The van der Waals surface area contributed by atoms with Crippen LogP contribution >= 0.6 is 11.6 Å². The topological polar surface area (TPSA) is 30.5 Å². The lowest BCUT2D eigenvalue weighted by Gasteiger charge is -2.15. The monoisotopic (exact) mass is 289 g/mol. The van der Waals surface area contributed by atoms with Gasteiger partial charge in [-0.1, -0.05) is 23.7 Å². The highest BCUT2D eigenvalue weighted by Gasteiger charge is 2.22. The first-order valence-corrected chi connectivity index (χ1v) is 6.96. The highest BCUT2D eigenvalue weighted by Crippen LogP contribution is 2.31. The van der Waals surface area contributed by atoms with Crippen molar-refractivity contribution in [2.45, 2.75) is 12.5 Å². The Kier molecular flexibility index (Phi) is 3.70. The molecular weight excluding hydrogens is 274 g/mol. The van der Waals surface area contributed by atoms with Crippen LogP contribution in [0.2, 0.25) is 5.02 Å². The number of methoxy groups -OCH3 is 1. The molecule has 4 heteroatoms. The Balaban J connectivity index is 1.64. The van der Waals surface area contributed by atoms with Gasteiger partial charge in [0.1, 0.15) is 17.6 Å². The van der Waals surface area contributed by atoms with Crippen molar-refractivity contribution in [3.8, 4) is 11.5 Å². The van der Waals surface area contributed by atoms with E-state index in [0.717, 1.165) is 35.2 Å². The Hall–Kier alpha value is -1.87. The minimum absolute atomic E-state index is 0.119. The molecule has 0 bridgehead atoms. The minimum atomic E-state index is 0.119. The molecule has 2 aromatic rings. The second-order valence-electron chi connectivity index (χ2n) is 4.78. The summed E-state index contributed by atoms with van der Waals surface area (Å²) in [6.45, 7) is 0.729. The summed E-state index contributed by atoms with van der Waals surface area (Å²) < 4.78 is 11.2. The van der Waals surface area contributed by atoms with E-state index >= 15 is 0 Å². The molecule has 0 saturated carbocycles. The minimum Gasteiger partial charge on any atom is -0.495 e. The molecule has 3 rings (SSSR count). The van der Waals surface area contributed by atoms with E-state index in [1.807, 2.05) is 42.5 Å². The zero-order chi connectivity index (χ0) is 13.9. The van der Waals surface area contributed by atoms with Crippen molar-refractivity contribution in [1.29, 1.82) is 0 Å². The highest BCUT2D eigenvalue weighted by atomic mass is 35.5. The molecule has 1 heterocycles. The van der Waals surface area contributed by atoms with Gasteiger partial charge in [-0.3, -0.25) is 0 Å². The van der Waals surface area contributed by atoms with Gasteiger partial charge < -0.3 is 14.8 Å². The Morgan fingerprint density at radius 2 is 2.15 bits per heavy atom. The third-order valence-corrected chi connectivity index (χ3v) is 3.63. The highest BCUT2D eigenvalue weighted by molar-refractivity contribution is 6.30. The van der Waals surface area contributed by atoms with Gasteiger partial charge in [-0.05, 0) is 35.9 Å². The number of benzene rings is 2. The van der Waals surface area contributed by atoms with Gasteiger partial charge in [0, 0.05) is 11.4 Å². The quantitative estimate of drug-likeness (QED) is 0.929. The second kappa shape index (κ2) is 5.63. The van der Waals surface area contributed by atoms with E-state index in [1.54, 1.807) is 7.11 Å². The molecule has 0 radical (unpaired) electrons. The smallest absolute Gasteiger partial charge is 0.141 e. The molecule has 0 amide bonds. The molecule has 0 spiro atoms. The molecule has 0 aromatic heterocycles. The Labute approximate surface area is 123 Å². The van der Waals surface area contributed by atoms with Crippen LogP contribution in [0.1, 0.15) is 5.56 Å². The van der Waals surface area contributed by atoms with Crippen molar-refractivity contribution in [2.24, 2.45) is 0 Å². The van der Waals surface area contributed by atoms with Gasteiger partial charge in [-0.2, -0.15) is 0 Å². The van der Waals surface area contributed by atoms with Gasteiger partial charge in [0.05, 0.1) is 19.3 Å². The van der Waals surface area contributed by atoms with Crippen molar-refractivity contribution in [2.75, 3.05) is 19.0 Å². The van der Waals surface area contributed by atoms with E-state index in [-0.39, 0.29) is 6.10 Å². The fourth-order valence-electron chi connectivity index (χ4n) is 2.42. The van der Waals surface area contributed by atoms with Crippen LogP contribution in [-0.4, -0.2) is 19.8 Å². The SMILES string of the molecule is COc1ccccc1NCC1Cc2cc(Cl)ccc2O1. The first-order chi connectivity index (χ1) is 9.76. The number of rotatable bonds is 4. The van der Waals surface area contributed by atoms with Crippen molar-refractivity contribution in [1.82, 2.24) is 0 Å². The first kappa shape index (κ1) is 13.1. The van der Waals surface area contributed by atoms with Crippen LogP contribution in [0, 0.1) is 0 Å². The van der Waals surface area contributed by atoms with Crippen molar-refractivity contribution in [3.05, 3.63) is 53.1 Å². The molecule has 2 aromatic carbocycles. The number of para-hydroxylation sites is 2. The van der Waals surface area contributed by atoms with Crippen LogP contribution in [-0.2, 0) is 6.42 Å². The van der Waals surface area contributed by atoms with Crippen LogP contribution in [0.5, 0.6) is 11.5 Å². The van der Waals surface area contributed by atoms with Gasteiger partial charge in [0.15, 0.2) is 0 Å². The third kappa shape index (κ3) is 2.68. The summed E-state index contributed by atoms with van der Waals surface area (Å²) in [4.78, 5) is 0. The summed E-state index contributed by atoms with van der Waals surface area (Å²) in [7, 11) is 1.67. The molecule has 1 unspecified atom stereocenters. The lowest BCUT2D eigenvalue weighted by molar-refractivity contribution is 0.246. The molecule has 0 fully saturated rings. The summed E-state index contributed by atoms with van der Waals surface area (Å²) in [5.74, 6) is 1.77. The average Bonchev–Trinajstić information content (AvgIpc) is 2.87. The Morgan fingerprint density at radius 1 is 1.30 bits per heavy atom. The van der Waals surface area contributed by atoms with E-state index in [2.05, 4.69) is 5.32 Å². The summed E-state index contributed by atoms with van der Waals surface area (Å²) in [5.41, 5.74) is 2.15. The number of hydrogen-bond acceptors (Lipinski definition) is 3. The first-order valence-electron chi connectivity index (χ1n) is 6.58. The molecule has 1 atom stereocenters. The van der Waals surface area contributed by atoms with E-state index in [1.165, 1.54) is 5.56 Å². The number of nitrogens with one attached hydrogen (secondary N) is 1.